The minimum atomic E-state index is -0.387. The first-order valence-corrected chi connectivity index (χ1v) is 7.06. The molecule has 0 saturated heterocycles. The Balaban J connectivity index is 2.14. The lowest BCUT2D eigenvalue weighted by atomic mass is 10.1. The fourth-order valence-electron chi connectivity index (χ4n) is 2.06. The predicted molar refractivity (Wildman–Crippen MR) is 79.2 cm³/mol. The molecule has 0 spiro atoms. The predicted octanol–water partition coefficient (Wildman–Crippen LogP) is 3.29. The third kappa shape index (κ3) is 2.97. The van der Waals surface area contributed by atoms with Crippen LogP contribution in [-0.2, 0) is 0 Å². The van der Waals surface area contributed by atoms with Crippen molar-refractivity contribution in [3.8, 4) is 0 Å². The Morgan fingerprint density at radius 3 is 2.90 bits per heavy atom. The van der Waals surface area contributed by atoms with Crippen LogP contribution in [0.4, 0.5) is 0 Å². The number of nitrogens with one attached hydrogen (secondary N) is 1. The molecular weight excluding hydrogens is 278 g/mol. The summed E-state index contributed by atoms with van der Waals surface area (Å²) in [6.07, 6.45) is 0.818. The Bertz CT molecular complexity index is 621. The van der Waals surface area contributed by atoms with Crippen LogP contribution in [0.15, 0.2) is 22.6 Å². The van der Waals surface area contributed by atoms with E-state index in [1.54, 1.807) is 6.07 Å². The van der Waals surface area contributed by atoms with Gasteiger partial charge >= 0.3 is 0 Å². The number of benzene rings is 1. The van der Waals surface area contributed by atoms with Crippen LogP contribution in [0.25, 0.3) is 11.0 Å². The lowest BCUT2D eigenvalue weighted by Gasteiger charge is -2.08. The van der Waals surface area contributed by atoms with Gasteiger partial charge in [-0.2, -0.15) is 0 Å². The van der Waals surface area contributed by atoms with Gasteiger partial charge in [-0.15, -0.1) is 0 Å². The summed E-state index contributed by atoms with van der Waals surface area (Å²) in [4.78, 5) is 12.1. The van der Waals surface area contributed by atoms with Gasteiger partial charge in [0.25, 0.3) is 5.91 Å². The monoisotopic (exact) mass is 295 g/mol. The van der Waals surface area contributed by atoms with Crippen molar-refractivity contribution in [1.82, 2.24) is 5.32 Å². The fourth-order valence-corrected chi connectivity index (χ4v) is 2.28. The molecule has 0 aliphatic rings. The van der Waals surface area contributed by atoms with Crippen molar-refractivity contribution in [2.75, 3.05) is 6.54 Å². The van der Waals surface area contributed by atoms with Gasteiger partial charge < -0.3 is 14.8 Å². The van der Waals surface area contributed by atoms with Gasteiger partial charge in [0.05, 0.1) is 11.1 Å². The quantitative estimate of drug-likeness (QED) is 0.890. The maximum atomic E-state index is 12.1. The standard InChI is InChI=1S/C15H18ClNO3/c1-3-10(18)7-8-17-15(19)13-9(2)11-5-4-6-12(16)14(11)20-13/h4-6,10,18H,3,7-8H2,1-2H3,(H,17,19). The molecule has 4 nitrogen and oxygen atoms in total. The summed E-state index contributed by atoms with van der Waals surface area (Å²) in [6.45, 7) is 4.15. The molecule has 0 fully saturated rings. The number of furan rings is 1. The van der Waals surface area contributed by atoms with Gasteiger partial charge in [0.2, 0.25) is 0 Å². The Morgan fingerprint density at radius 2 is 2.25 bits per heavy atom. The topological polar surface area (TPSA) is 62.5 Å². The van der Waals surface area contributed by atoms with E-state index in [0.717, 1.165) is 10.9 Å². The highest BCUT2D eigenvalue weighted by Gasteiger charge is 2.18. The van der Waals surface area contributed by atoms with E-state index >= 15 is 0 Å². The first-order valence-electron chi connectivity index (χ1n) is 6.68. The minimum Gasteiger partial charge on any atom is -0.449 e. The maximum absolute atomic E-state index is 12.1. The Labute approximate surface area is 122 Å². The van der Waals surface area contributed by atoms with Crippen molar-refractivity contribution in [1.29, 1.82) is 0 Å². The van der Waals surface area contributed by atoms with Crippen LogP contribution in [0, 0.1) is 6.92 Å². The molecule has 0 aliphatic heterocycles. The highest BCUT2D eigenvalue weighted by Crippen LogP contribution is 2.30. The first kappa shape index (κ1) is 14.9. The molecule has 1 amide bonds. The number of hydrogen-bond acceptors (Lipinski definition) is 3. The normalized spacial score (nSPS) is 12.6. The molecule has 0 bridgehead atoms. The van der Waals surface area contributed by atoms with E-state index in [9.17, 15) is 9.90 Å². The van der Waals surface area contributed by atoms with Crippen LogP contribution in [0.3, 0.4) is 0 Å². The van der Waals surface area contributed by atoms with E-state index in [1.165, 1.54) is 0 Å². The third-order valence-electron chi connectivity index (χ3n) is 3.36. The average molecular weight is 296 g/mol. The summed E-state index contributed by atoms with van der Waals surface area (Å²) in [5.74, 6) is -0.00263. The zero-order valence-corrected chi connectivity index (χ0v) is 12.3. The summed E-state index contributed by atoms with van der Waals surface area (Å²) in [6, 6.07) is 5.43. The fraction of sp³-hybridized carbons (Fsp3) is 0.400. The molecule has 20 heavy (non-hydrogen) atoms. The zero-order valence-electron chi connectivity index (χ0n) is 11.6. The molecule has 1 aromatic carbocycles. The van der Waals surface area contributed by atoms with E-state index in [2.05, 4.69) is 5.32 Å². The summed E-state index contributed by atoms with van der Waals surface area (Å²) in [5.41, 5.74) is 1.31. The number of rotatable bonds is 5. The number of carbonyl (C=O) groups excluding carboxylic acids is 1. The van der Waals surface area contributed by atoms with Crippen LogP contribution in [-0.4, -0.2) is 23.7 Å². The molecule has 1 atom stereocenters. The van der Waals surface area contributed by atoms with E-state index in [0.29, 0.717) is 30.0 Å². The minimum absolute atomic E-state index is 0.277. The van der Waals surface area contributed by atoms with E-state index < -0.39 is 0 Å². The van der Waals surface area contributed by atoms with Crippen LogP contribution in [0.1, 0.15) is 35.9 Å². The molecule has 2 rings (SSSR count). The second-order valence-corrected chi connectivity index (χ2v) is 5.19. The van der Waals surface area contributed by atoms with Gasteiger partial charge in [-0.25, -0.2) is 0 Å². The highest BCUT2D eigenvalue weighted by atomic mass is 35.5. The van der Waals surface area contributed by atoms with Crippen LogP contribution >= 0.6 is 11.6 Å². The van der Waals surface area contributed by atoms with E-state index in [1.807, 2.05) is 26.0 Å². The summed E-state index contributed by atoms with van der Waals surface area (Å²) < 4.78 is 5.57. The molecule has 2 N–H and O–H groups in total. The van der Waals surface area contributed by atoms with Gasteiger partial charge in [0.1, 0.15) is 0 Å². The van der Waals surface area contributed by atoms with Crippen molar-refractivity contribution < 1.29 is 14.3 Å². The molecule has 0 radical (unpaired) electrons. The van der Waals surface area contributed by atoms with Crippen molar-refractivity contribution in [2.45, 2.75) is 32.8 Å². The number of aryl methyl sites for hydroxylation is 1. The van der Waals surface area contributed by atoms with Crippen LogP contribution < -0.4 is 5.32 Å². The van der Waals surface area contributed by atoms with Crippen LogP contribution in [0.2, 0.25) is 5.02 Å². The van der Waals surface area contributed by atoms with Crippen molar-refractivity contribution in [3.63, 3.8) is 0 Å². The van der Waals surface area contributed by atoms with Crippen molar-refractivity contribution in [3.05, 3.63) is 34.5 Å². The van der Waals surface area contributed by atoms with Gasteiger partial charge in [0.15, 0.2) is 11.3 Å². The number of para-hydroxylation sites is 1. The number of carbonyl (C=O) groups is 1. The number of amides is 1. The molecule has 0 saturated carbocycles. The van der Waals surface area contributed by atoms with Crippen molar-refractivity contribution in [2.24, 2.45) is 0 Å². The Morgan fingerprint density at radius 1 is 1.50 bits per heavy atom. The molecule has 0 aliphatic carbocycles. The Hall–Kier alpha value is -1.52. The lowest BCUT2D eigenvalue weighted by Crippen LogP contribution is -2.27. The smallest absolute Gasteiger partial charge is 0.287 e. The molecule has 5 heteroatoms. The average Bonchev–Trinajstić information content (AvgIpc) is 2.78. The Kier molecular flexibility index (Phi) is 4.68. The first-order chi connectivity index (χ1) is 9.54. The number of fused-ring (bicyclic) bond motifs is 1. The molecule has 1 unspecified atom stereocenters. The summed E-state index contributed by atoms with van der Waals surface area (Å²) in [7, 11) is 0. The van der Waals surface area contributed by atoms with Gasteiger partial charge in [-0.3, -0.25) is 4.79 Å². The van der Waals surface area contributed by atoms with E-state index in [4.69, 9.17) is 16.0 Å². The largest absolute Gasteiger partial charge is 0.449 e. The second-order valence-electron chi connectivity index (χ2n) is 4.78. The number of aliphatic hydroxyl groups excluding tert-OH is 1. The van der Waals surface area contributed by atoms with E-state index in [-0.39, 0.29) is 17.8 Å². The number of halogens is 1. The number of aliphatic hydroxyl groups is 1. The molecular formula is C15H18ClNO3. The van der Waals surface area contributed by atoms with Gasteiger partial charge in [0, 0.05) is 17.5 Å². The molecule has 1 heterocycles. The molecule has 2 aromatic rings. The lowest BCUT2D eigenvalue weighted by molar-refractivity contribution is 0.0915. The second kappa shape index (κ2) is 6.29. The maximum Gasteiger partial charge on any atom is 0.287 e. The zero-order chi connectivity index (χ0) is 14.7. The summed E-state index contributed by atoms with van der Waals surface area (Å²) in [5, 5.41) is 13.5. The SMILES string of the molecule is CCC(O)CCNC(=O)c1oc2c(Cl)cccc2c1C. The third-order valence-corrected chi connectivity index (χ3v) is 3.65. The van der Waals surface area contributed by atoms with Crippen LogP contribution in [0.5, 0.6) is 0 Å². The molecule has 108 valence electrons. The highest BCUT2D eigenvalue weighted by molar-refractivity contribution is 6.35. The molecule has 1 aromatic heterocycles. The van der Waals surface area contributed by atoms with Gasteiger partial charge in [-0.05, 0) is 25.8 Å². The summed E-state index contributed by atoms with van der Waals surface area (Å²) >= 11 is 6.05. The van der Waals surface area contributed by atoms with Gasteiger partial charge in [-0.1, -0.05) is 30.7 Å². The number of hydrogen-bond donors (Lipinski definition) is 2. The van der Waals surface area contributed by atoms with Crippen molar-refractivity contribution >= 4 is 28.5 Å².